The summed E-state index contributed by atoms with van der Waals surface area (Å²) in [4.78, 5) is 0. The fourth-order valence-corrected chi connectivity index (χ4v) is 2.82. The second-order valence-corrected chi connectivity index (χ2v) is 5.59. The Bertz CT molecular complexity index is 397. The first-order valence-electron chi connectivity index (χ1n) is 6.87. The molecule has 0 amide bonds. The number of nitrogen functional groups attached to an aromatic ring is 1. The predicted octanol–water partition coefficient (Wildman–Crippen LogP) is 2.93. The molecule has 0 spiro atoms. The van der Waals surface area contributed by atoms with E-state index in [0.717, 1.165) is 36.3 Å². The summed E-state index contributed by atoms with van der Waals surface area (Å²) in [7, 11) is 0. The quantitative estimate of drug-likeness (QED) is 0.718. The Kier molecular flexibility index (Phi) is 4.12. The number of rotatable bonds is 4. The van der Waals surface area contributed by atoms with Gasteiger partial charge in [0.05, 0.1) is 6.61 Å². The minimum absolute atomic E-state index is 0.0648. The summed E-state index contributed by atoms with van der Waals surface area (Å²) in [5.41, 5.74) is 8.98. The van der Waals surface area contributed by atoms with Gasteiger partial charge in [0.2, 0.25) is 0 Å². The number of hydrogen-bond donors (Lipinski definition) is 3. The second kappa shape index (κ2) is 5.61. The Hall–Kier alpha value is -1.22. The van der Waals surface area contributed by atoms with Gasteiger partial charge >= 0.3 is 0 Å². The fraction of sp³-hybridized carbons (Fsp3) is 0.600. The van der Waals surface area contributed by atoms with Crippen LogP contribution in [0.5, 0.6) is 0 Å². The number of aliphatic hydroxyl groups is 1. The van der Waals surface area contributed by atoms with Crippen molar-refractivity contribution in [1.29, 1.82) is 0 Å². The molecular formula is C15H24N2O. The predicted molar refractivity (Wildman–Crippen MR) is 76.7 cm³/mol. The van der Waals surface area contributed by atoms with Crippen LogP contribution in [0.25, 0.3) is 0 Å². The van der Waals surface area contributed by atoms with E-state index in [9.17, 15) is 5.11 Å². The SMILES string of the molecule is Cc1c(N)cccc1NCC1(CO)CCCCC1. The maximum atomic E-state index is 9.68. The van der Waals surface area contributed by atoms with Crippen molar-refractivity contribution in [2.45, 2.75) is 39.0 Å². The third-order valence-corrected chi connectivity index (χ3v) is 4.28. The van der Waals surface area contributed by atoms with Gasteiger partial charge in [0, 0.05) is 23.3 Å². The molecule has 3 heteroatoms. The number of hydrogen-bond acceptors (Lipinski definition) is 3. The van der Waals surface area contributed by atoms with E-state index in [1.807, 2.05) is 19.1 Å². The van der Waals surface area contributed by atoms with Gasteiger partial charge in [0.15, 0.2) is 0 Å². The van der Waals surface area contributed by atoms with Gasteiger partial charge < -0.3 is 16.2 Å². The Labute approximate surface area is 109 Å². The van der Waals surface area contributed by atoms with Crippen LogP contribution in [0.3, 0.4) is 0 Å². The lowest BCUT2D eigenvalue weighted by atomic mass is 9.74. The standard InChI is InChI=1S/C15H24N2O/c1-12-13(16)6-5-7-14(12)17-10-15(11-18)8-3-2-4-9-15/h5-7,17-18H,2-4,8-11,16H2,1H3. The van der Waals surface area contributed by atoms with Crippen molar-refractivity contribution in [1.82, 2.24) is 0 Å². The topological polar surface area (TPSA) is 58.3 Å². The molecule has 1 saturated carbocycles. The van der Waals surface area contributed by atoms with Gasteiger partial charge in [-0.1, -0.05) is 25.3 Å². The Morgan fingerprint density at radius 1 is 1.28 bits per heavy atom. The van der Waals surface area contributed by atoms with Crippen LogP contribution in [0.15, 0.2) is 18.2 Å². The molecule has 0 radical (unpaired) electrons. The first kappa shape index (κ1) is 13.2. The van der Waals surface area contributed by atoms with E-state index in [2.05, 4.69) is 11.4 Å². The summed E-state index contributed by atoms with van der Waals surface area (Å²) in [6.07, 6.45) is 6.02. The molecular weight excluding hydrogens is 224 g/mol. The number of nitrogens with one attached hydrogen (secondary N) is 1. The number of benzene rings is 1. The first-order chi connectivity index (χ1) is 8.67. The lowest BCUT2D eigenvalue weighted by molar-refractivity contribution is 0.0944. The van der Waals surface area contributed by atoms with Gasteiger partial charge in [0.1, 0.15) is 0 Å². The maximum Gasteiger partial charge on any atom is 0.0504 e. The molecule has 18 heavy (non-hydrogen) atoms. The van der Waals surface area contributed by atoms with Gasteiger partial charge in [-0.3, -0.25) is 0 Å². The van der Waals surface area contributed by atoms with E-state index >= 15 is 0 Å². The molecule has 1 fully saturated rings. The van der Waals surface area contributed by atoms with E-state index in [0.29, 0.717) is 0 Å². The van der Waals surface area contributed by atoms with Crippen molar-refractivity contribution in [2.75, 3.05) is 24.2 Å². The zero-order chi connectivity index (χ0) is 13.0. The smallest absolute Gasteiger partial charge is 0.0504 e. The third-order valence-electron chi connectivity index (χ3n) is 4.28. The molecule has 2 rings (SSSR count). The zero-order valence-electron chi connectivity index (χ0n) is 11.2. The summed E-state index contributed by atoms with van der Waals surface area (Å²) < 4.78 is 0. The monoisotopic (exact) mass is 248 g/mol. The minimum Gasteiger partial charge on any atom is -0.398 e. The highest BCUT2D eigenvalue weighted by molar-refractivity contribution is 5.62. The lowest BCUT2D eigenvalue weighted by Crippen LogP contribution is -2.35. The molecule has 100 valence electrons. The van der Waals surface area contributed by atoms with E-state index in [4.69, 9.17) is 5.73 Å². The summed E-state index contributed by atoms with van der Waals surface area (Å²) in [6, 6.07) is 5.94. The van der Waals surface area contributed by atoms with E-state index in [1.165, 1.54) is 19.3 Å². The minimum atomic E-state index is 0.0648. The van der Waals surface area contributed by atoms with Crippen molar-refractivity contribution >= 4 is 11.4 Å². The molecule has 0 aliphatic heterocycles. The van der Waals surface area contributed by atoms with Crippen molar-refractivity contribution in [3.8, 4) is 0 Å². The summed E-state index contributed by atoms with van der Waals surface area (Å²) >= 11 is 0. The molecule has 1 aliphatic carbocycles. The molecule has 1 aromatic rings. The van der Waals surface area contributed by atoms with Crippen LogP contribution in [-0.2, 0) is 0 Å². The molecule has 0 aromatic heterocycles. The molecule has 3 nitrogen and oxygen atoms in total. The zero-order valence-corrected chi connectivity index (χ0v) is 11.2. The van der Waals surface area contributed by atoms with Crippen LogP contribution in [0, 0.1) is 12.3 Å². The van der Waals surface area contributed by atoms with Crippen molar-refractivity contribution in [3.63, 3.8) is 0 Å². The number of nitrogens with two attached hydrogens (primary N) is 1. The summed E-state index contributed by atoms with van der Waals surface area (Å²) in [5, 5.41) is 13.2. The van der Waals surface area contributed by atoms with Crippen molar-refractivity contribution in [2.24, 2.45) is 5.41 Å². The van der Waals surface area contributed by atoms with Crippen LogP contribution in [0.1, 0.15) is 37.7 Å². The number of aliphatic hydroxyl groups excluding tert-OH is 1. The molecule has 0 atom stereocenters. The van der Waals surface area contributed by atoms with Gasteiger partial charge in [0.25, 0.3) is 0 Å². The van der Waals surface area contributed by atoms with Crippen LogP contribution < -0.4 is 11.1 Å². The highest BCUT2D eigenvalue weighted by atomic mass is 16.3. The fourth-order valence-electron chi connectivity index (χ4n) is 2.82. The molecule has 1 aliphatic rings. The molecule has 1 aromatic carbocycles. The average molecular weight is 248 g/mol. The van der Waals surface area contributed by atoms with Gasteiger partial charge in [-0.05, 0) is 37.5 Å². The van der Waals surface area contributed by atoms with Crippen LogP contribution in [0.4, 0.5) is 11.4 Å². The Morgan fingerprint density at radius 3 is 2.67 bits per heavy atom. The first-order valence-corrected chi connectivity index (χ1v) is 6.87. The van der Waals surface area contributed by atoms with Gasteiger partial charge in [-0.15, -0.1) is 0 Å². The Morgan fingerprint density at radius 2 is 2.00 bits per heavy atom. The average Bonchev–Trinajstić information content (AvgIpc) is 2.41. The number of anilines is 2. The third kappa shape index (κ3) is 2.78. The summed E-state index contributed by atoms with van der Waals surface area (Å²) in [5.74, 6) is 0. The summed E-state index contributed by atoms with van der Waals surface area (Å²) in [6.45, 7) is 3.15. The highest BCUT2D eigenvalue weighted by Crippen LogP contribution is 2.36. The van der Waals surface area contributed by atoms with E-state index in [-0.39, 0.29) is 12.0 Å². The van der Waals surface area contributed by atoms with Crippen LogP contribution in [0.2, 0.25) is 0 Å². The highest BCUT2D eigenvalue weighted by Gasteiger charge is 2.31. The normalized spacial score (nSPS) is 18.6. The van der Waals surface area contributed by atoms with Gasteiger partial charge in [-0.25, -0.2) is 0 Å². The van der Waals surface area contributed by atoms with Crippen molar-refractivity contribution in [3.05, 3.63) is 23.8 Å². The largest absolute Gasteiger partial charge is 0.398 e. The van der Waals surface area contributed by atoms with Crippen molar-refractivity contribution < 1.29 is 5.11 Å². The molecule has 0 saturated heterocycles. The molecule has 4 N–H and O–H groups in total. The van der Waals surface area contributed by atoms with Crippen LogP contribution >= 0.6 is 0 Å². The lowest BCUT2D eigenvalue weighted by Gasteiger charge is -2.36. The molecule has 0 heterocycles. The van der Waals surface area contributed by atoms with E-state index < -0.39 is 0 Å². The molecule has 0 unspecified atom stereocenters. The van der Waals surface area contributed by atoms with E-state index in [1.54, 1.807) is 0 Å². The van der Waals surface area contributed by atoms with Crippen LogP contribution in [-0.4, -0.2) is 18.3 Å². The maximum absolute atomic E-state index is 9.68. The molecule has 0 bridgehead atoms. The Balaban J connectivity index is 2.03. The second-order valence-electron chi connectivity index (χ2n) is 5.59. The van der Waals surface area contributed by atoms with Gasteiger partial charge in [-0.2, -0.15) is 0 Å².